The smallest absolute Gasteiger partial charge is 0.323 e. The Morgan fingerprint density at radius 1 is 1.23 bits per heavy atom. The van der Waals surface area contributed by atoms with Crippen LogP contribution in [-0.2, 0) is 22.5 Å². The molecular weight excluding hydrogens is 406 g/mol. The molecule has 9 heteroatoms. The number of aromatic nitrogens is 1. The molecule has 1 aromatic carbocycles. The van der Waals surface area contributed by atoms with Gasteiger partial charge in [0.1, 0.15) is 11.9 Å². The van der Waals surface area contributed by atoms with Gasteiger partial charge >= 0.3 is 6.03 Å². The number of hydrogen-bond donors (Lipinski definition) is 3. The van der Waals surface area contributed by atoms with Gasteiger partial charge < -0.3 is 20.3 Å². The molecule has 1 aromatic heterocycles. The second-order valence-corrected chi connectivity index (χ2v) is 7.89. The first kappa shape index (κ1) is 20.6. The van der Waals surface area contributed by atoms with Crippen LogP contribution in [0.25, 0.3) is 0 Å². The first-order valence-electron chi connectivity index (χ1n) is 9.89. The number of halogens is 1. The van der Waals surface area contributed by atoms with Crippen LogP contribution in [0.1, 0.15) is 17.5 Å². The molecule has 2 aliphatic rings. The molecule has 0 spiro atoms. The zero-order chi connectivity index (χ0) is 21.1. The Labute approximate surface area is 179 Å². The van der Waals surface area contributed by atoms with Crippen molar-refractivity contribution in [1.29, 1.82) is 0 Å². The number of nitrogens with zero attached hydrogens (tertiary/aromatic N) is 2. The van der Waals surface area contributed by atoms with Gasteiger partial charge in [-0.25, -0.2) is 9.78 Å². The summed E-state index contributed by atoms with van der Waals surface area (Å²) in [4.78, 5) is 31.4. The van der Waals surface area contributed by atoms with Gasteiger partial charge in [0.15, 0.2) is 0 Å². The molecule has 0 aliphatic carbocycles. The molecule has 1 fully saturated rings. The fourth-order valence-electron chi connectivity index (χ4n) is 3.85. The summed E-state index contributed by atoms with van der Waals surface area (Å²) < 4.78 is 5.42. The number of carbonyl (C=O) groups is 2. The Kier molecular flexibility index (Phi) is 6.17. The molecule has 4 rings (SSSR count). The van der Waals surface area contributed by atoms with E-state index in [9.17, 15) is 9.59 Å². The van der Waals surface area contributed by atoms with E-state index in [1.54, 1.807) is 19.2 Å². The summed E-state index contributed by atoms with van der Waals surface area (Å²) in [6.07, 6.45) is 2.60. The van der Waals surface area contributed by atoms with E-state index in [4.69, 9.17) is 16.3 Å². The highest BCUT2D eigenvalue weighted by atomic mass is 35.5. The van der Waals surface area contributed by atoms with Gasteiger partial charge in [-0.15, -0.1) is 0 Å². The fraction of sp³-hybridized carbons (Fsp3) is 0.381. The number of rotatable bonds is 4. The lowest BCUT2D eigenvalue weighted by molar-refractivity contribution is -0.119. The molecule has 2 aromatic rings. The lowest BCUT2D eigenvalue weighted by Crippen LogP contribution is -2.45. The first-order valence-corrected chi connectivity index (χ1v) is 10.3. The topological polar surface area (TPSA) is 95.6 Å². The average Bonchev–Trinajstić information content (AvgIpc) is 3.20. The van der Waals surface area contributed by atoms with E-state index >= 15 is 0 Å². The first-order chi connectivity index (χ1) is 14.5. The summed E-state index contributed by atoms with van der Waals surface area (Å²) in [5.74, 6) is 0.135. The lowest BCUT2D eigenvalue weighted by Gasteiger charge is -2.24. The van der Waals surface area contributed by atoms with Gasteiger partial charge in [-0.05, 0) is 48.4 Å². The highest BCUT2D eigenvalue weighted by Crippen LogP contribution is 2.24. The van der Waals surface area contributed by atoms with Crippen LogP contribution in [0.4, 0.5) is 16.3 Å². The zero-order valence-corrected chi connectivity index (χ0v) is 17.4. The van der Waals surface area contributed by atoms with Crippen LogP contribution >= 0.6 is 11.6 Å². The second-order valence-electron chi connectivity index (χ2n) is 7.45. The average molecular weight is 430 g/mol. The molecule has 2 aliphatic heterocycles. The number of ether oxygens (including phenoxy) is 1. The predicted octanol–water partition coefficient (Wildman–Crippen LogP) is 2.64. The molecule has 3 heterocycles. The van der Waals surface area contributed by atoms with E-state index in [-0.39, 0.29) is 12.0 Å². The van der Waals surface area contributed by atoms with Gasteiger partial charge in [0.2, 0.25) is 5.91 Å². The number of pyridine rings is 1. The number of anilines is 2. The van der Waals surface area contributed by atoms with Crippen molar-refractivity contribution in [2.45, 2.75) is 31.5 Å². The Bertz CT molecular complexity index is 937. The van der Waals surface area contributed by atoms with E-state index in [2.05, 4.69) is 20.9 Å². The van der Waals surface area contributed by atoms with Crippen LogP contribution < -0.4 is 16.0 Å². The number of benzene rings is 1. The van der Waals surface area contributed by atoms with Gasteiger partial charge in [0.05, 0.1) is 11.1 Å². The van der Waals surface area contributed by atoms with Crippen molar-refractivity contribution in [3.8, 4) is 0 Å². The molecular formula is C21H24ClN5O3. The maximum Gasteiger partial charge on any atom is 0.323 e. The third-order valence-electron chi connectivity index (χ3n) is 5.48. The molecule has 0 radical (unpaired) electrons. The normalized spacial score (nSPS) is 20.5. The van der Waals surface area contributed by atoms with E-state index in [0.29, 0.717) is 23.8 Å². The van der Waals surface area contributed by atoms with Gasteiger partial charge in [-0.1, -0.05) is 17.7 Å². The highest BCUT2D eigenvalue weighted by Gasteiger charge is 2.40. The van der Waals surface area contributed by atoms with Crippen molar-refractivity contribution in [2.24, 2.45) is 0 Å². The van der Waals surface area contributed by atoms with Gasteiger partial charge in [-0.2, -0.15) is 0 Å². The summed E-state index contributed by atoms with van der Waals surface area (Å²) in [6, 6.07) is 8.15. The van der Waals surface area contributed by atoms with Crippen molar-refractivity contribution < 1.29 is 14.3 Å². The quantitative estimate of drug-likeness (QED) is 0.694. The Balaban J connectivity index is 1.46. The fourth-order valence-corrected chi connectivity index (χ4v) is 3.96. The number of amides is 3. The lowest BCUT2D eigenvalue weighted by atomic mass is 10.0. The molecule has 3 amide bonds. The van der Waals surface area contributed by atoms with Crippen LogP contribution in [0.3, 0.4) is 0 Å². The van der Waals surface area contributed by atoms with Gasteiger partial charge in [0, 0.05) is 38.5 Å². The van der Waals surface area contributed by atoms with Crippen LogP contribution in [-0.4, -0.2) is 54.2 Å². The van der Waals surface area contributed by atoms with Crippen molar-refractivity contribution in [3.05, 3.63) is 52.7 Å². The van der Waals surface area contributed by atoms with Crippen molar-refractivity contribution >= 4 is 35.0 Å². The molecule has 1 unspecified atom stereocenters. The minimum Gasteiger partial charge on any atom is -0.380 e. The summed E-state index contributed by atoms with van der Waals surface area (Å²) in [6.45, 7) is 2.09. The Morgan fingerprint density at radius 2 is 2.10 bits per heavy atom. The summed E-state index contributed by atoms with van der Waals surface area (Å²) >= 11 is 5.84. The van der Waals surface area contributed by atoms with Crippen LogP contribution in [0.2, 0.25) is 5.02 Å². The highest BCUT2D eigenvalue weighted by molar-refractivity contribution is 6.30. The predicted molar refractivity (Wildman–Crippen MR) is 115 cm³/mol. The number of hydrogen-bond acceptors (Lipinski definition) is 5. The van der Waals surface area contributed by atoms with Gasteiger partial charge in [-0.3, -0.25) is 10.1 Å². The third-order valence-corrected chi connectivity index (χ3v) is 5.71. The molecule has 1 saturated heterocycles. The van der Waals surface area contributed by atoms with E-state index < -0.39 is 12.1 Å². The summed E-state index contributed by atoms with van der Waals surface area (Å²) in [7, 11) is 1.58. The van der Waals surface area contributed by atoms with E-state index in [0.717, 1.165) is 25.2 Å². The second kappa shape index (κ2) is 8.99. The number of urea groups is 1. The number of likely N-dealkylation sites (tertiary alicyclic amines) is 1. The molecule has 0 bridgehead atoms. The number of methoxy groups -OCH3 is 1. The number of fused-ring (bicyclic) bond motifs is 1. The standard InChI is InChI=1S/C21H24ClN5O3/c1-30-17-9-18(27(12-17)21(29)26-19-5-3-15(22)11-24-19)20(28)25-16-4-2-14-10-23-7-6-13(14)8-16/h2-5,8,11,17-18,23H,6-7,9-10,12H2,1H3,(H,25,28)(H,24,26,29)/t17?,18-/m1/s1. The molecule has 8 nitrogen and oxygen atoms in total. The Morgan fingerprint density at radius 3 is 2.87 bits per heavy atom. The molecule has 0 saturated carbocycles. The van der Waals surface area contributed by atoms with Crippen LogP contribution in [0.15, 0.2) is 36.5 Å². The van der Waals surface area contributed by atoms with Gasteiger partial charge in [0.25, 0.3) is 0 Å². The molecule has 3 N–H and O–H groups in total. The Hall–Kier alpha value is -2.68. The van der Waals surface area contributed by atoms with Crippen LogP contribution in [0, 0.1) is 0 Å². The molecule has 30 heavy (non-hydrogen) atoms. The van der Waals surface area contributed by atoms with Crippen molar-refractivity contribution in [3.63, 3.8) is 0 Å². The SMILES string of the molecule is COC1C[C@H](C(=O)Nc2ccc3c(c2)CCNC3)N(C(=O)Nc2ccc(Cl)cn2)C1. The largest absolute Gasteiger partial charge is 0.380 e. The van der Waals surface area contributed by atoms with Crippen molar-refractivity contribution in [2.75, 3.05) is 30.8 Å². The number of nitrogens with one attached hydrogen (secondary N) is 3. The number of carbonyl (C=O) groups excluding carboxylic acids is 2. The molecule has 2 atom stereocenters. The minimum atomic E-state index is -0.639. The summed E-state index contributed by atoms with van der Waals surface area (Å²) in [5, 5.41) is 9.50. The van der Waals surface area contributed by atoms with Crippen molar-refractivity contribution in [1.82, 2.24) is 15.2 Å². The van der Waals surface area contributed by atoms with E-state index in [1.165, 1.54) is 22.2 Å². The third kappa shape index (κ3) is 4.56. The maximum absolute atomic E-state index is 13.0. The molecule has 158 valence electrons. The minimum absolute atomic E-state index is 0.209. The summed E-state index contributed by atoms with van der Waals surface area (Å²) in [5.41, 5.74) is 3.22. The maximum atomic E-state index is 13.0. The van der Waals surface area contributed by atoms with E-state index in [1.807, 2.05) is 18.2 Å². The van der Waals surface area contributed by atoms with Crippen LogP contribution in [0.5, 0.6) is 0 Å². The zero-order valence-electron chi connectivity index (χ0n) is 16.7. The monoisotopic (exact) mass is 429 g/mol.